The number of methoxy groups -OCH3 is 3. The van der Waals surface area contributed by atoms with Crippen molar-refractivity contribution in [3.8, 4) is 17.2 Å². The van der Waals surface area contributed by atoms with Gasteiger partial charge in [0.25, 0.3) is 0 Å². The molecule has 2 aromatic carbocycles. The van der Waals surface area contributed by atoms with Gasteiger partial charge in [0.15, 0.2) is 18.3 Å². The van der Waals surface area contributed by atoms with Gasteiger partial charge in [0.05, 0.1) is 14.2 Å². The van der Waals surface area contributed by atoms with Crippen LogP contribution in [0.2, 0.25) is 0 Å². The number of benzene rings is 2. The van der Waals surface area contributed by atoms with Gasteiger partial charge in [0.2, 0.25) is 0 Å². The lowest BCUT2D eigenvalue weighted by molar-refractivity contribution is 0.0480. The van der Waals surface area contributed by atoms with E-state index in [2.05, 4.69) is 19.2 Å². The summed E-state index contributed by atoms with van der Waals surface area (Å²) in [5.74, 6) is 1.66. The van der Waals surface area contributed by atoms with Gasteiger partial charge in [-0.3, -0.25) is 0 Å². The Bertz CT molecular complexity index is 798. The third-order valence-corrected chi connectivity index (χ3v) is 6.01. The van der Waals surface area contributed by atoms with Crippen LogP contribution in [-0.4, -0.2) is 35.2 Å². The molecule has 0 amide bonds. The summed E-state index contributed by atoms with van der Waals surface area (Å²) in [5, 5.41) is 3.89. The summed E-state index contributed by atoms with van der Waals surface area (Å²) in [6.45, 7) is 4.97. The standard InChI is InChI=1S/C21H29FNO4P/c1-21(2,28-19-8-7-15(22)9-14(19)12-23-3)17-10-16(25-5)11-18(26-6)20(17)27-13-24-4/h7-11,23,28H,12-13H2,1-6H3. The summed E-state index contributed by atoms with van der Waals surface area (Å²) in [6, 6.07) is 8.70. The molecule has 0 aliphatic rings. The van der Waals surface area contributed by atoms with E-state index in [-0.39, 0.29) is 17.8 Å². The molecule has 0 aliphatic carbocycles. The van der Waals surface area contributed by atoms with E-state index in [9.17, 15) is 4.39 Å². The highest BCUT2D eigenvalue weighted by molar-refractivity contribution is 7.48. The van der Waals surface area contributed by atoms with Crippen LogP contribution in [0.1, 0.15) is 25.0 Å². The van der Waals surface area contributed by atoms with E-state index >= 15 is 0 Å². The van der Waals surface area contributed by atoms with E-state index in [4.69, 9.17) is 18.9 Å². The van der Waals surface area contributed by atoms with Crippen molar-refractivity contribution < 1.29 is 23.3 Å². The normalized spacial score (nSPS) is 11.8. The zero-order chi connectivity index (χ0) is 20.7. The average molecular weight is 409 g/mol. The fourth-order valence-corrected chi connectivity index (χ4v) is 4.48. The first-order valence-electron chi connectivity index (χ1n) is 8.95. The first-order valence-corrected chi connectivity index (χ1v) is 9.95. The van der Waals surface area contributed by atoms with E-state index in [1.54, 1.807) is 33.5 Å². The Balaban J connectivity index is 2.52. The molecule has 1 atom stereocenters. The van der Waals surface area contributed by atoms with E-state index in [0.717, 1.165) is 16.4 Å². The van der Waals surface area contributed by atoms with Crippen LogP contribution < -0.4 is 24.8 Å². The minimum absolute atomic E-state index is 0.108. The van der Waals surface area contributed by atoms with Crippen molar-refractivity contribution in [1.82, 2.24) is 5.32 Å². The molecule has 0 aromatic heterocycles. The van der Waals surface area contributed by atoms with Crippen LogP contribution in [0.15, 0.2) is 30.3 Å². The molecule has 2 rings (SSSR count). The van der Waals surface area contributed by atoms with Crippen LogP contribution >= 0.6 is 8.58 Å². The summed E-state index contributed by atoms with van der Waals surface area (Å²) >= 11 is 0. The van der Waals surface area contributed by atoms with Gasteiger partial charge in [-0.25, -0.2) is 4.39 Å². The van der Waals surface area contributed by atoms with Crippen molar-refractivity contribution in [1.29, 1.82) is 0 Å². The minimum Gasteiger partial charge on any atom is -0.497 e. The Kier molecular flexibility index (Phi) is 8.05. The predicted molar refractivity (Wildman–Crippen MR) is 112 cm³/mol. The van der Waals surface area contributed by atoms with Gasteiger partial charge in [-0.15, -0.1) is 0 Å². The molecular weight excluding hydrogens is 380 g/mol. The smallest absolute Gasteiger partial charge is 0.188 e. The van der Waals surface area contributed by atoms with Gasteiger partial charge in [-0.05, 0) is 36.1 Å². The summed E-state index contributed by atoms with van der Waals surface area (Å²) < 4.78 is 35.7. The largest absolute Gasteiger partial charge is 0.497 e. The Morgan fingerprint density at radius 2 is 1.82 bits per heavy atom. The predicted octanol–water partition coefficient (Wildman–Crippen LogP) is 3.78. The maximum atomic E-state index is 13.7. The molecule has 0 saturated carbocycles. The number of rotatable bonds is 10. The van der Waals surface area contributed by atoms with Crippen molar-refractivity contribution in [2.75, 3.05) is 35.2 Å². The molecule has 28 heavy (non-hydrogen) atoms. The van der Waals surface area contributed by atoms with Crippen molar-refractivity contribution >= 4 is 13.9 Å². The second-order valence-corrected chi connectivity index (χ2v) is 8.88. The van der Waals surface area contributed by atoms with E-state index in [1.807, 2.05) is 19.2 Å². The van der Waals surface area contributed by atoms with Crippen LogP contribution in [0.5, 0.6) is 17.2 Å². The second kappa shape index (κ2) is 10.1. The molecule has 1 unspecified atom stereocenters. The monoisotopic (exact) mass is 409 g/mol. The molecule has 5 nitrogen and oxygen atoms in total. The van der Waals surface area contributed by atoms with Gasteiger partial charge in [0.1, 0.15) is 11.6 Å². The van der Waals surface area contributed by atoms with E-state index in [1.165, 1.54) is 6.07 Å². The molecule has 0 radical (unpaired) electrons. The number of hydrogen-bond donors (Lipinski definition) is 1. The molecule has 7 heteroatoms. The third kappa shape index (κ3) is 5.34. The SMILES string of the molecule is CNCc1cc(F)ccc1PC(C)(C)c1cc(OC)cc(OC)c1OCOC. The maximum absolute atomic E-state index is 13.7. The van der Waals surface area contributed by atoms with Gasteiger partial charge in [0, 0.05) is 30.4 Å². The third-order valence-electron chi connectivity index (χ3n) is 4.36. The lowest BCUT2D eigenvalue weighted by Gasteiger charge is -2.30. The average Bonchev–Trinajstić information content (AvgIpc) is 2.67. The summed E-state index contributed by atoms with van der Waals surface area (Å²) in [5.41, 5.74) is 1.89. The Hall–Kier alpha value is -1.88. The highest BCUT2D eigenvalue weighted by atomic mass is 31.1. The molecule has 1 N–H and O–H groups in total. The van der Waals surface area contributed by atoms with Crippen LogP contribution in [0.4, 0.5) is 4.39 Å². The van der Waals surface area contributed by atoms with Crippen LogP contribution in [0.25, 0.3) is 0 Å². The highest BCUT2D eigenvalue weighted by Gasteiger charge is 2.29. The Labute approximate surface area is 168 Å². The summed E-state index contributed by atoms with van der Waals surface area (Å²) in [4.78, 5) is 0. The van der Waals surface area contributed by atoms with Crippen molar-refractivity contribution in [2.24, 2.45) is 0 Å². The first-order chi connectivity index (χ1) is 13.4. The van der Waals surface area contributed by atoms with Crippen molar-refractivity contribution in [3.63, 3.8) is 0 Å². The first kappa shape index (κ1) is 22.4. The van der Waals surface area contributed by atoms with Gasteiger partial charge in [-0.2, -0.15) is 0 Å². The summed E-state index contributed by atoms with van der Waals surface area (Å²) in [7, 11) is 7.02. The van der Waals surface area contributed by atoms with Crippen molar-refractivity contribution in [2.45, 2.75) is 25.5 Å². The molecule has 2 aromatic rings. The van der Waals surface area contributed by atoms with Crippen LogP contribution in [0, 0.1) is 5.82 Å². The Morgan fingerprint density at radius 1 is 1.07 bits per heavy atom. The van der Waals surface area contributed by atoms with Gasteiger partial charge in [-0.1, -0.05) is 28.5 Å². The molecule has 0 heterocycles. The van der Waals surface area contributed by atoms with Crippen molar-refractivity contribution in [3.05, 3.63) is 47.3 Å². The minimum atomic E-state index is -0.314. The molecular formula is C21H29FNO4P. The van der Waals surface area contributed by atoms with Crippen LogP contribution in [0.3, 0.4) is 0 Å². The second-order valence-electron chi connectivity index (χ2n) is 6.84. The zero-order valence-electron chi connectivity index (χ0n) is 17.3. The lowest BCUT2D eigenvalue weighted by Crippen LogP contribution is -2.21. The molecule has 0 bridgehead atoms. The number of halogens is 1. The topological polar surface area (TPSA) is 49.0 Å². The fourth-order valence-electron chi connectivity index (χ4n) is 3.00. The van der Waals surface area contributed by atoms with E-state index in [0.29, 0.717) is 32.4 Å². The zero-order valence-corrected chi connectivity index (χ0v) is 18.3. The quantitative estimate of drug-likeness (QED) is 0.478. The molecule has 154 valence electrons. The van der Waals surface area contributed by atoms with Gasteiger partial charge >= 0.3 is 0 Å². The fraction of sp³-hybridized carbons (Fsp3) is 0.429. The van der Waals surface area contributed by atoms with E-state index < -0.39 is 0 Å². The summed E-state index contributed by atoms with van der Waals surface area (Å²) in [6.07, 6.45) is 0. The number of nitrogens with one attached hydrogen (secondary N) is 1. The molecule has 0 aliphatic heterocycles. The number of hydrogen-bond acceptors (Lipinski definition) is 5. The van der Waals surface area contributed by atoms with Crippen LogP contribution in [-0.2, 0) is 16.4 Å². The molecule has 0 saturated heterocycles. The molecule has 0 spiro atoms. The molecule has 0 fully saturated rings. The number of ether oxygens (including phenoxy) is 4. The maximum Gasteiger partial charge on any atom is 0.188 e. The Morgan fingerprint density at radius 3 is 2.43 bits per heavy atom. The van der Waals surface area contributed by atoms with Gasteiger partial charge < -0.3 is 24.3 Å². The lowest BCUT2D eigenvalue weighted by atomic mass is 10.00. The highest BCUT2D eigenvalue weighted by Crippen LogP contribution is 2.49.